The highest BCUT2D eigenvalue weighted by Gasteiger charge is 1.85. The van der Waals surface area contributed by atoms with E-state index in [1.165, 1.54) is 0 Å². The van der Waals surface area contributed by atoms with Crippen molar-refractivity contribution >= 4 is 19.2 Å². The van der Waals surface area contributed by atoms with Gasteiger partial charge in [-0.1, -0.05) is 11.2 Å². The van der Waals surface area contributed by atoms with Crippen molar-refractivity contribution < 1.29 is 10.2 Å². The Balaban J connectivity index is 2.54. The molecule has 0 spiro atoms. The lowest BCUT2D eigenvalue weighted by atomic mass is 11.5. The number of halogens is 1. The first-order valence-corrected chi connectivity index (χ1v) is 3.08. The minimum absolute atomic E-state index is 0.302. The SMILES string of the molecule is OC(O)PCl. The molecule has 0 aliphatic carbocycles. The molecule has 0 amide bonds. The number of aliphatic hydroxyl groups excluding tert-OH is 1. The Labute approximate surface area is 36.3 Å². The molecule has 2 nitrogen and oxygen atoms in total. The lowest BCUT2D eigenvalue weighted by Crippen LogP contribution is -1.88. The molecule has 0 aromatic carbocycles. The molecule has 0 heterocycles. The summed E-state index contributed by atoms with van der Waals surface area (Å²) in [5.41, 5.74) is 0. The highest BCUT2D eigenvalue weighted by Crippen LogP contribution is 2.17. The summed E-state index contributed by atoms with van der Waals surface area (Å²) >= 11 is 4.86. The van der Waals surface area contributed by atoms with Gasteiger partial charge in [-0.25, -0.2) is 0 Å². The molecule has 5 heavy (non-hydrogen) atoms. The van der Waals surface area contributed by atoms with Crippen molar-refractivity contribution in [3.63, 3.8) is 0 Å². The fourth-order valence-electron chi connectivity index (χ4n) is 0. The van der Waals surface area contributed by atoms with Crippen molar-refractivity contribution in [3.05, 3.63) is 0 Å². The number of rotatable bonds is 1. The quantitative estimate of drug-likeness (QED) is 0.375. The van der Waals surface area contributed by atoms with Crippen LogP contribution in [0.1, 0.15) is 0 Å². The zero-order valence-corrected chi connectivity index (χ0v) is 4.11. The third kappa shape index (κ3) is 4.64. The molecule has 0 radical (unpaired) electrons. The molecule has 0 saturated carbocycles. The average molecular weight is 114 g/mol. The van der Waals surface area contributed by atoms with E-state index in [1.54, 1.807) is 0 Å². The van der Waals surface area contributed by atoms with Crippen LogP contribution in [0, 0.1) is 0 Å². The van der Waals surface area contributed by atoms with Crippen molar-refractivity contribution in [2.45, 2.75) is 6.03 Å². The fourth-order valence-corrected chi connectivity index (χ4v) is 0. The van der Waals surface area contributed by atoms with E-state index in [0.29, 0.717) is 0 Å². The van der Waals surface area contributed by atoms with Crippen LogP contribution in [0.3, 0.4) is 0 Å². The van der Waals surface area contributed by atoms with Crippen LogP contribution in [0.2, 0.25) is 0 Å². The van der Waals surface area contributed by atoms with Gasteiger partial charge >= 0.3 is 0 Å². The van der Waals surface area contributed by atoms with Gasteiger partial charge in [-0.2, -0.15) is 0 Å². The highest BCUT2D eigenvalue weighted by atomic mass is 35.7. The van der Waals surface area contributed by atoms with Crippen molar-refractivity contribution in [1.82, 2.24) is 0 Å². The van der Waals surface area contributed by atoms with Crippen molar-refractivity contribution in [2.24, 2.45) is 0 Å². The molecule has 0 aliphatic rings. The summed E-state index contributed by atoms with van der Waals surface area (Å²) in [6.45, 7) is 0. The van der Waals surface area contributed by atoms with Crippen molar-refractivity contribution in [2.75, 3.05) is 0 Å². The van der Waals surface area contributed by atoms with Gasteiger partial charge in [0.25, 0.3) is 0 Å². The molecule has 0 bridgehead atoms. The Kier molecular flexibility index (Phi) is 3.22. The van der Waals surface area contributed by atoms with Gasteiger partial charge in [-0.3, -0.25) is 0 Å². The second-order valence-electron chi connectivity index (χ2n) is 0.483. The summed E-state index contributed by atoms with van der Waals surface area (Å²) in [7, 11) is -0.302. The summed E-state index contributed by atoms with van der Waals surface area (Å²) in [5, 5.41) is 15.6. The monoisotopic (exact) mass is 114 g/mol. The standard InChI is InChI=1S/CH4ClO2P/c2-5-1(3)4/h1,3-5H. The molecule has 4 heteroatoms. The highest BCUT2D eigenvalue weighted by molar-refractivity contribution is 7.68. The van der Waals surface area contributed by atoms with Crippen LogP contribution >= 0.6 is 19.2 Å². The molecule has 1 atom stereocenters. The molecule has 0 aliphatic heterocycles. The Morgan fingerprint density at radius 2 is 1.80 bits per heavy atom. The largest absolute Gasteiger partial charge is 0.364 e. The van der Waals surface area contributed by atoms with Gasteiger partial charge in [-0.15, -0.1) is 0 Å². The Morgan fingerprint density at radius 1 is 1.60 bits per heavy atom. The van der Waals surface area contributed by atoms with Crippen LogP contribution in [-0.2, 0) is 0 Å². The molecule has 1 unspecified atom stereocenters. The maximum Gasteiger partial charge on any atom is 0.182 e. The van der Waals surface area contributed by atoms with Crippen LogP contribution in [0.25, 0.3) is 0 Å². The van der Waals surface area contributed by atoms with E-state index < -0.39 is 6.03 Å². The third-order valence-corrected chi connectivity index (χ3v) is 0.878. The molecule has 0 aromatic heterocycles. The maximum atomic E-state index is 7.80. The van der Waals surface area contributed by atoms with Gasteiger partial charge < -0.3 is 10.2 Å². The van der Waals surface area contributed by atoms with Gasteiger partial charge in [0, 0.05) is 7.93 Å². The van der Waals surface area contributed by atoms with Gasteiger partial charge in [0.15, 0.2) is 6.03 Å². The molecule has 0 fully saturated rings. The van der Waals surface area contributed by atoms with Gasteiger partial charge in [0.1, 0.15) is 0 Å². The molecule has 32 valence electrons. The summed E-state index contributed by atoms with van der Waals surface area (Å²) in [4.78, 5) is 0. The Bertz CT molecular complexity index is 23.6. The normalized spacial score (nSPS) is 12.0. The molecule has 2 N–H and O–H groups in total. The van der Waals surface area contributed by atoms with E-state index in [1.807, 2.05) is 0 Å². The molecule has 0 aromatic rings. The zero-order chi connectivity index (χ0) is 4.28. The first-order chi connectivity index (χ1) is 2.27. The molecule has 0 saturated heterocycles. The van der Waals surface area contributed by atoms with Crippen LogP contribution in [0.15, 0.2) is 0 Å². The minimum Gasteiger partial charge on any atom is -0.364 e. The second kappa shape index (κ2) is 2.86. The Hall–Kier alpha value is 0.640. The smallest absolute Gasteiger partial charge is 0.182 e. The number of aliphatic hydroxyl groups is 2. The minimum atomic E-state index is -1.32. The second-order valence-corrected chi connectivity index (χ2v) is 1.87. The summed E-state index contributed by atoms with van der Waals surface area (Å²) in [6.07, 6.45) is 0. The van der Waals surface area contributed by atoms with E-state index in [-0.39, 0.29) is 7.93 Å². The topological polar surface area (TPSA) is 40.5 Å². The van der Waals surface area contributed by atoms with E-state index in [4.69, 9.17) is 21.5 Å². The predicted molar refractivity (Wildman–Crippen MR) is 22.4 cm³/mol. The third-order valence-electron chi connectivity index (χ3n) is 0.0976. The van der Waals surface area contributed by atoms with E-state index in [9.17, 15) is 0 Å². The lowest BCUT2D eigenvalue weighted by molar-refractivity contribution is 0.0386. The summed E-state index contributed by atoms with van der Waals surface area (Å²) in [6, 6.07) is -1.32. The number of hydrogen-bond donors (Lipinski definition) is 2. The van der Waals surface area contributed by atoms with Crippen LogP contribution < -0.4 is 0 Å². The first kappa shape index (κ1) is 5.64. The number of hydrogen-bond acceptors (Lipinski definition) is 2. The molecular formula is CH4ClO2P. The predicted octanol–water partition coefficient (Wildman–Crippen LogP) is 0.0869. The van der Waals surface area contributed by atoms with Gasteiger partial charge in [0.2, 0.25) is 0 Å². The first-order valence-electron chi connectivity index (χ1n) is 0.994. The van der Waals surface area contributed by atoms with Gasteiger partial charge in [-0.05, 0) is 0 Å². The maximum absolute atomic E-state index is 7.80. The van der Waals surface area contributed by atoms with Crippen molar-refractivity contribution in [3.8, 4) is 0 Å². The van der Waals surface area contributed by atoms with E-state index in [2.05, 4.69) is 0 Å². The fraction of sp³-hybridized carbons (Fsp3) is 1.00. The lowest BCUT2D eigenvalue weighted by Gasteiger charge is -1.88. The summed E-state index contributed by atoms with van der Waals surface area (Å²) < 4.78 is 0. The molecule has 0 rings (SSSR count). The molecular weight excluding hydrogens is 110 g/mol. The van der Waals surface area contributed by atoms with E-state index in [0.717, 1.165) is 0 Å². The van der Waals surface area contributed by atoms with Crippen LogP contribution in [0.5, 0.6) is 0 Å². The van der Waals surface area contributed by atoms with E-state index >= 15 is 0 Å². The summed E-state index contributed by atoms with van der Waals surface area (Å²) in [5.74, 6) is 0. The van der Waals surface area contributed by atoms with Crippen molar-refractivity contribution in [1.29, 1.82) is 0 Å². The average Bonchev–Trinajstić information content (AvgIpc) is 1.38. The Morgan fingerprint density at radius 3 is 1.80 bits per heavy atom. The zero-order valence-electron chi connectivity index (χ0n) is 2.35. The van der Waals surface area contributed by atoms with Gasteiger partial charge in [0.05, 0.1) is 0 Å². The van der Waals surface area contributed by atoms with Crippen LogP contribution in [0.4, 0.5) is 0 Å². The van der Waals surface area contributed by atoms with Crippen LogP contribution in [-0.4, -0.2) is 16.2 Å².